The van der Waals surface area contributed by atoms with Gasteiger partial charge in [-0.3, -0.25) is 4.90 Å². The topological polar surface area (TPSA) is 75.6 Å². The maximum absolute atomic E-state index is 11.9. The second-order valence-corrected chi connectivity index (χ2v) is 8.49. The Kier molecular flexibility index (Phi) is 5.21. The number of piperazine rings is 1. The summed E-state index contributed by atoms with van der Waals surface area (Å²) >= 11 is 0. The van der Waals surface area contributed by atoms with Gasteiger partial charge in [-0.2, -0.15) is 0 Å². The second kappa shape index (κ2) is 7.23. The van der Waals surface area contributed by atoms with Crippen LogP contribution in [-0.4, -0.2) is 75.5 Å². The highest BCUT2D eigenvalue weighted by atomic mass is 32.2. The third-order valence-corrected chi connectivity index (χ3v) is 5.77. The summed E-state index contributed by atoms with van der Waals surface area (Å²) in [6.45, 7) is 6.41. The van der Waals surface area contributed by atoms with Gasteiger partial charge in [-0.25, -0.2) is 18.4 Å². The fraction of sp³-hybridized carbons (Fsp3) is 0.529. The van der Waals surface area contributed by atoms with Gasteiger partial charge >= 0.3 is 0 Å². The van der Waals surface area contributed by atoms with Gasteiger partial charge in [0, 0.05) is 51.0 Å². The van der Waals surface area contributed by atoms with E-state index in [9.17, 15) is 8.42 Å². The molecule has 1 aromatic heterocycles. The molecular formula is C17H24N4O3S. The summed E-state index contributed by atoms with van der Waals surface area (Å²) in [5.74, 6) is 0.800. The molecule has 7 nitrogen and oxygen atoms in total. The van der Waals surface area contributed by atoms with E-state index in [1.54, 1.807) is 31.6 Å². The molecule has 0 aliphatic carbocycles. The molecule has 0 bridgehead atoms. The van der Waals surface area contributed by atoms with Gasteiger partial charge in [0.25, 0.3) is 0 Å². The molecule has 1 aliphatic heterocycles. The molecule has 0 spiro atoms. The highest BCUT2D eigenvalue weighted by Gasteiger charge is 2.25. The van der Waals surface area contributed by atoms with E-state index >= 15 is 0 Å². The summed E-state index contributed by atoms with van der Waals surface area (Å²) in [6, 6.07) is 5.39. The molecule has 1 saturated heterocycles. The SMILES string of the molecule is COCCN1CCN(c2ncnc3ccc(S(C)(=O)=O)cc23)CC1C. The van der Waals surface area contributed by atoms with Gasteiger partial charge < -0.3 is 9.64 Å². The number of aromatic nitrogens is 2. The Morgan fingerprint density at radius 3 is 2.76 bits per heavy atom. The van der Waals surface area contributed by atoms with Gasteiger partial charge in [-0.1, -0.05) is 0 Å². The first kappa shape index (κ1) is 18.0. The molecule has 1 unspecified atom stereocenters. The van der Waals surface area contributed by atoms with Crippen LogP contribution >= 0.6 is 0 Å². The minimum absolute atomic E-state index is 0.294. The molecule has 0 N–H and O–H groups in total. The first-order chi connectivity index (χ1) is 11.9. The number of nitrogens with zero attached hydrogens (tertiary/aromatic N) is 4. The first-order valence-electron chi connectivity index (χ1n) is 8.33. The summed E-state index contributed by atoms with van der Waals surface area (Å²) < 4.78 is 28.9. The molecule has 1 aromatic carbocycles. The van der Waals surface area contributed by atoms with Gasteiger partial charge in [-0.05, 0) is 25.1 Å². The maximum Gasteiger partial charge on any atom is 0.175 e. The van der Waals surface area contributed by atoms with Gasteiger partial charge in [0.2, 0.25) is 0 Å². The van der Waals surface area contributed by atoms with E-state index in [-0.39, 0.29) is 0 Å². The van der Waals surface area contributed by atoms with Crippen LogP contribution in [0.3, 0.4) is 0 Å². The van der Waals surface area contributed by atoms with Crippen LogP contribution in [0.15, 0.2) is 29.4 Å². The standard InChI is InChI=1S/C17H24N4O3S/c1-13-11-21(7-6-20(13)8-9-24-2)17-15-10-14(25(3,22)23)4-5-16(15)18-12-19-17/h4-5,10,12-13H,6-9,11H2,1-3H3. The molecular weight excluding hydrogens is 340 g/mol. The molecule has 0 saturated carbocycles. The lowest BCUT2D eigenvalue weighted by molar-refractivity contribution is 0.117. The number of methoxy groups -OCH3 is 1. The lowest BCUT2D eigenvalue weighted by atomic mass is 10.1. The third-order valence-electron chi connectivity index (χ3n) is 4.66. The van der Waals surface area contributed by atoms with Crippen LogP contribution in [-0.2, 0) is 14.6 Å². The lowest BCUT2D eigenvalue weighted by Crippen LogP contribution is -2.53. The minimum atomic E-state index is -3.27. The number of fused-ring (bicyclic) bond motifs is 1. The quantitative estimate of drug-likeness (QED) is 0.789. The molecule has 0 amide bonds. The third kappa shape index (κ3) is 3.91. The van der Waals surface area contributed by atoms with Crippen LogP contribution in [0.5, 0.6) is 0 Å². The summed E-state index contributed by atoms with van der Waals surface area (Å²) in [7, 11) is -1.55. The Balaban J connectivity index is 1.91. The van der Waals surface area contributed by atoms with Gasteiger partial charge in [0.05, 0.1) is 17.0 Å². The van der Waals surface area contributed by atoms with E-state index in [0.717, 1.165) is 49.5 Å². The summed E-state index contributed by atoms with van der Waals surface area (Å²) in [5, 5.41) is 0.781. The van der Waals surface area contributed by atoms with Crippen molar-refractivity contribution in [2.24, 2.45) is 0 Å². The predicted molar refractivity (Wildman–Crippen MR) is 97.8 cm³/mol. The minimum Gasteiger partial charge on any atom is -0.383 e. The molecule has 2 heterocycles. The smallest absolute Gasteiger partial charge is 0.175 e. The molecule has 8 heteroatoms. The highest BCUT2D eigenvalue weighted by molar-refractivity contribution is 7.90. The number of rotatable bonds is 5. The normalized spacial score (nSPS) is 19.5. The average Bonchev–Trinajstić information content (AvgIpc) is 2.59. The van der Waals surface area contributed by atoms with Crippen molar-refractivity contribution < 1.29 is 13.2 Å². The van der Waals surface area contributed by atoms with Gasteiger partial charge in [-0.15, -0.1) is 0 Å². The van der Waals surface area contributed by atoms with E-state index in [4.69, 9.17) is 4.74 Å². The zero-order chi connectivity index (χ0) is 18.0. The van der Waals surface area contributed by atoms with Crippen molar-refractivity contribution in [3.63, 3.8) is 0 Å². The molecule has 0 radical (unpaired) electrons. The van der Waals surface area contributed by atoms with Crippen LogP contribution in [0.25, 0.3) is 10.9 Å². The first-order valence-corrected chi connectivity index (χ1v) is 10.2. The predicted octanol–water partition coefficient (Wildman–Crippen LogP) is 1.19. The van der Waals surface area contributed by atoms with Crippen LogP contribution < -0.4 is 4.90 Å². The van der Waals surface area contributed by atoms with E-state index < -0.39 is 9.84 Å². The Morgan fingerprint density at radius 1 is 1.28 bits per heavy atom. The maximum atomic E-state index is 11.9. The zero-order valence-electron chi connectivity index (χ0n) is 14.8. The Labute approximate surface area is 148 Å². The van der Waals surface area contributed by atoms with Crippen molar-refractivity contribution in [1.29, 1.82) is 0 Å². The average molecular weight is 364 g/mol. The zero-order valence-corrected chi connectivity index (χ0v) is 15.7. The van der Waals surface area contributed by atoms with Crippen LogP contribution in [0, 0.1) is 0 Å². The van der Waals surface area contributed by atoms with Crippen molar-refractivity contribution in [3.05, 3.63) is 24.5 Å². The van der Waals surface area contributed by atoms with Crippen LogP contribution in [0.2, 0.25) is 0 Å². The second-order valence-electron chi connectivity index (χ2n) is 6.47. The number of sulfone groups is 1. The van der Waals surface area contributed by atoms with Crippen molar-refractivity contribution in [3.8, 4) is 0 Å². The van der Waals surface area contributed by atoms with Crippen molar-refractivity contribution in [2.75, 3.05) is 51.1 Å². The van der Waals surface area contributed by atoms with Crippen LogP contribution in [0.1, 0.15) is 6.92 Å². The van der Waals surface area contributed by atoms with Gasteiger partial charge in [0.1, 0.15) is 12.1 Å². The fourth-order valence-corrected chi connectivity index (χ4v) is 3.88. The number of anilines is 1. The molecule has 25 heavy (non-hydrogen) atoms. The molecule has 1 atom stereocenters. The van der Waals surface area contributed by atoms with Crippen molar-refractivity contribution in [2.45, 2.75) is 17.9 Å². The Hall–Kier alpha value is -1.77. The molecule has 1 aliphatic rings. The summed E-state index contributed by atoms with van der Waals surface area (Å²) in [4.78, 5) is 13.6. The molecule has 3 rings (SSSR count). The van der Waals surface area contributed by atoms with E-state index in [1.807, 2.05) is 0 Å². The molecule has 2 aromatic rings. The van der Waals surface area contributed by atoms with Gasteiger partial charge in [0.15, 0.2) is 9.84 Å². The van der Waals surface area contributed by atoms with E-state index in [2.05, 4.69) is 26.7 Å². The summed E-state index contributed by atoms with van der Waals surface area (Å²) in [5.41, 5.74) is 0.756. The number of hydrogen-bond acceptors (Lipinski definition) is 7. The Bertz CT molecular complexity index is 856. The highest BCUT2D eigenvalue weighted by Crippen LogP contribution is 2.27. The van der Waals surface area contributed by atoms with Crippen molar-refractivity contribution >= 4 is 26.6 Å². The molecule has 136 valence electrons. The largest absolute Gasteiger partial charge is 0.383 e. The van der Waals surface area contributed by atoms with Crippen molar-refractivity contribution in [1.82, 2.24) is 14.9 Å². The summed E-state index contributed by atoms with van der Waals surface area (Å²) in [6.07, 6.45) is 2.76. The molecule has 1 fully saturated rings. The monoisotopic (exact) mass is 364 g/mol. The Morgan fingerprint density at radius 2 is 2.08 bits per heavy atom. The lowest BCUT2D eigenvalue weighted by Gasteiger charge is -2.40. The number of ether oxygens (including phenoxy) is 1. The number of benzene rings is 1. The number of hydrogen-bond donors (Lipinski definition) is 0. The van der Waals surface area contributed by atoms with E-state index in [1.165, 1.54) is 6.26 Å². The van der Waals surface area contributed by atoms with E-state index in [0.29, 0.717) is 10.9 Å². The van der Waals surface area contributed by atoms with Crippen LogP contribution in [0.4, 0.5) is 5.82 Å². The fourth-order valence-electron chi connectivity index (χ4n) is 3.23.